The largest absolute Gasteiger partial charge is 0.480 e. The number of carbonyl (C=O) groups excluding carboxylic acids is 9. The lowest BCUT2D eigenvalue weighted by atomic mass is 10.0. The monoisotopic (exact) mass is 836 g/mol. The predicted octanol–water partition coefficient (Wildman–Crippen LogP) is -3.08. The van der Waals surface area contributed by atoms with Crippen LogP contribution in [0.25, 0.3) is 0 Å². The molecule has 0 saturated carbocycles. The quantitative estimate of drug-likeness (QED) is 0.0557. The smallest absolute Gasteiger partial charge is 0.326 e. The number of rotatable bonds is 21. The van der Waals surface area contributed by atoms with Gasteiger partial charge >= 0.3 is 5.97 Å². The number of likely N-dealkylation sites (tertiary alicyclic amines) is 2. The van der Waals surface area contributed by atoms with Gasteiger partial charge in [-0.2, -0.15) is 0 Å². The van der Waals surface area contributed by atoms with Crippen LogP contribution in [0.15, 0.2) is 0 Å². The third-order valence-corrected chi connectivity index (χ3v) is 10.1. The number of nitrogens with one attached hydrogen (secondary N) is 7. The second-order valence-electron chi connectivity index (χ2n) is 16.2. The predicted molar refractivity (Wildman–Crippen MR) is 212 cm³/mol. The Labute approximate surface area is 344 Å². The number of carboxylic acid groups (broad SMARTS) is 1. The molecule has 2 aliphatic heterocycles. The van der Waals surface area contributed by atoms with E-state index in [-0.39, 0.29) is 25.6 Å². The van der Waals surface area contributed by atoms with Crippen molar-refractivity contribution < 1.29 is 53.1 Å². The van der Waals surface area contributed by atoms with Gasteiger partial charge in [-0.05, 0) is 49.4 Å². The molecule has 0 spiro atoms. The topological polar surface area (TPSA) is 308 Å². The Morgan fingerprint density at radius 3 is 1.22 bits per heavy atom. The van der Waals surface area contributed by atoms with Crippen LogP contribution in [-0.2, 0) is 47.9 Å². The van der Waals surface area contributed by atoms with E-state index in [2.05, 4.69) is 37.2 Å². The fourth-order valence-corrected chi connectivity index (χ4v) is 6.79. The minimum absolute atomic E-state index is 0.216. The van der Waals surface area contributed by atoms with Crippen LogP contribution in [-0.4, -0.2) is 150 Å². The summed E-state index contributed by atoms with van der Waals surface area (Å²) in [7, 11) is 0. The molecule has 0 aromatic heterocycles. The number of carboxylic acids is 1. The highest BCUT2D eigenvalue weighted by Crippen LogP contribution is 2.22. The van der Waals surface area contributed by atoms with Crippen molar-refractivity contribution in [3.8, 4) is 0 Å². The number of amides is 9. The van der Waals surface area contributed by atoms with Gasteiger partial charge in [-0.1, -0.05) is 55.4 Å². The molecule has 0 bridgehead atoms. The van der Waals surface area contributed by atoms with Crippen LogP contribution in [0.3, 0.4) is 0 Å². The highest BCUT2D eigenvalue weighted by molar-refractivity contribution is 5.97. The second kappa shape index (κ2) is 23.3. The Morgan fingerprint density at radius 1 is 0.525 bits per heavy atom. The van der Waals surface area contributed by atoms with E-state index < -0.39 is 133 Å². The van der Waals surface area contributed by atoms with Gasteiger partial charge in [0.05, 0.1) is 26.2 Å². The molecule has 2 aliphatic rings. The molecule has 0 aromatic rings. The van der Waals surface area contributed by atoms with Gasteiger partial charge < -0.3 is 57.9 Å². The molecule has 59 heavy (non-hydrogen) atoms. The number of hydrogen-bond donors (Lipinski definition) is 9. The molecule has 10 N–H and O–H groups in total. The highest BCUT2D eigenvalue weighted by Gasteiger charge is 2.40. The van der Waals surface area contributed by atoms with Gasteiger partial charge in [0.25, 0.3) is 0 Å². The van der Waals surface area contributed by atoms with Crippen molar-refractivity contribution in [2.45, 2.75) is 117 Å². The van der Waals surface area contributed by atoms with Crippen molar-refractivity contribution in [1.29, 1.82) is 0 Å². The maximum absolute atomic E-state index is 13.7. The Morgan fingerprint density at radius 2 is 0.864 bits per heavy atom. The van der Waals surface area contributed by atoms with E-state index in [1.54, 1.807) is 55.4 Å². The van der Waals surface area contributed by atoms with Crippen LogP contribution in [0, 0.1) is 23.7 Å². The molecule has 0 radical (unpaired) electrons. The lowest BCUT2D eigenvalue weighted by molar-refractivity contribution is -0.143. The Kier molecular flexibility index (Phi) is 19.7. The van der Waals surface area contributed by atoms with Gasteiger partial charge in [-0.25, -0.2) is 4.79 Å². The molecular weight excluding hydrogens is 772 g/mol. The maximum atomic E-state index is 13.7. The first kappa shape index (κ1) is 49.8. The first-order valence-corrected chi connectivity index (χ1v) is 20.1. The Hall–Kier alpha value is -5.34. The lowest BCUT2D eigenvalue weighted by Crippen LogP contribution is -2.58. The van der Waals surface area contributed by atoms with E-state index in [0.717, 1.165) is 0 Å². The third-order valence-electron chi connectivity index (χ3n) is 10.1. The van der Waals surface area contributed by atoms with Crippen molar-refractivity contribution in [3.63, 3.8) is 0 Å². The van der Waals surface area contributed by atoms with Gasteiger partial charge in [-0.3, -0.25) is 43.2 Å². The van der Waals surface area contributed by atoms with E-state index in [1.807, 2.05) is 0 Å². The molecule has 332 valence electrons. The van der Waals surface area contributed by atoms with E-state index >= 15 is 0 Å². The summed E-state index contributed by atoms with van der Waals surface area (Å²) < 4.78 is 0. The third kappa shape index (κ3) is 14.8. The number of nitrogens with two attached hydrogens (primary N) is 1. The zero-order valence-electron chi connectivity index (χ0n) is 35.3. The minimum Gasteiger partial charge on any atom is -0.480 e. The molecule has 6 atom stereocenters. The number of carbonyl (C=O) groups is 10. The summed E-state index contributed by atoms with van der Waals surface area (Å²) in [5.41, 5.74) is 5.40. The Bertz CT molecular complexity index is 1570. The molecular formula is C38H64N10O11. The molecule has 0 unspecified atom stereocenters. The Balaban J connectivity index is 1.94. The number of nitrogens with zero attached hydrogens (tertiary/aromatic N) is 2. The van der Waals surface area contributed by atoms with Crippen molar-refractivity contribution in [2.75, 3.05) is 39.3 Å². The van der Waals surface area contributed by atoms with Gasteiger partial charge in [-0.15, -0.1) is 0 Å². The summed E-state index contributed by atoms with van der Waals surface area (Å²) in [4.78, 5) is 131. The fraction of sp³-hybridized carbons (Fsp3) is 0.737. The zero-order valence-corrected chi connectivity index (χ0v) is 35.3. The number of hydrogen-bond acceptors (Lipinski definition) is 11. The SMILES string of the molecule is CC(C)[C@H](NC(=O)CNC(=O)[C@@H]1CCCN1C(=O)[C@@H](NC(=O)CNC(=O)[C@@H](NC(=O)CNC(=O)[C@@H]1CCCN1C(=O)[C@@H](NC(=O)CN)C(C)C)C(C)C)C(C)C)C(=O)O. The van der Waals surface area contributed by atoms with E-state index in [9.17, 15) is 53.1 Å². The molecule has 2 rings (SSSR count). The van der Waals surface area contributed by atoms with Crippen LogP contribution < -0.4 is 43.0 Å². The molecule has 21 heteroatoms. The summed E-state index contributed by atoms with van der Waals surface area (Å²) in [6.45, 7) is 12.1. The van der Waals surface area contributed by atoms with E-state index in [0.29, 0.717) is 25.7 Å². The normalized spacial score (nSPS) is 18.5. The average molecular weight is 837 g/mol. The van der Waals surface area contributed by atoms with Crippen molar-refractivity contribution in [3.05, 3.63) is 0 Å². The molecule has 2 fully saturated rings. The van der Waals surface area contributed by atoms with E-state index in [4.69, 9.17) is 5.73 Å². The zero-order chi connectivity index (χ0) is 44.7. The standard InChI is InChI=1S/C38H64N10O11/c1-19(2)29(44-26(50)16-40-33(53)23-11-9-13-47(23)36(56)30(20(3)4)43-25(49)15-39)35(55)42-18-27(51)45-31(21(5)6)37(57)48-14-10-12-24(48)34(54)41-17-28(52)46-32(22(7)8)38(58)59/h19-24,29-32H,9-18,39H2,1-8H3,(H,40,53)(H,41,54)(H,42,55)(H,43,49)(H,44,50)(H,45,51)(H,46,52)(H,58,59)/t23-,24-,29-,30-,31-,32-/m0/s1. The lowest BCUT2D eigenvalue weighted by Gasteiger charge is -2.30. The average Bonchev–Trinajstić information content (AvgIpc) is 3.87. The second-order valence-corrected chi connectivity index (χ2v) is 16.2. The van der Waals surface area contributed by atoms with Crippen LogP contribution in [0.1, 0.15) is 81.1 Å². The molecule has 2 heterocycles. The summed E-state index contributed by atoms with van der Waals surface area (Å²) >= 11 is 0. The number of aliphatic carboxylic acids is 1. The van der Waals surface area contributed by atoms with Gasteiger partial charge in [0.2, 0.25) is 53.2 Å². The highest BCUT2D eigenvalue weighted by atomic mass is 16.4. The van der Waals surface area contributed by atoms with Crippen LogP contribution >= 0.6 is 0 Å². The molecule has 9 amide bonds. The summed E-state index contributed by atoms with van der Waals surface area (Å²) in [6, 6.07) is -6.01. The maximum Gasteiger partial charge on any atom is 0.326 e. The van der Waals surface area contributed by atoms with Crippen LogP contribution in [0.4, 0.5) is 0 Å². The summed E-state index contributed by atoms with van der Waals surface area (Å²) in [5.74, 6) is -8.22. The fourth-order valence-electron chi connectivity index (χ4n) is 6.79. The minimum atomic E-state index is -1.21. The first-order valence-electron chi connectivity index (χ1n) is 20.1. The van der Waals surface area contributed by atoms with Crippen molar-refractivity contribution >= 4 is 59.1 Å². The molecule has 2 saturated heterocycles. The van der Waals surface area contributed by atoms with Crippen LogP contribution in [0.2, 0.25) is 0 Å². The van der Waals surface area contributed by atoms with Crippen molar-refractivity contribution in [2.24, 2.45) is 29.4 Å². The molecule has 21 nitrogen and oxygen atoms in total. The van der Waals surface area contributed by atoms with E-state index in [1.165, 1.54) is 9.80 Å². The first-order chi connectivity index (χ1) is 27.6. The van der Waals surface area contributed by atoms with Crippen molar-refractivity contribution in [1.82, 2.24) is 47.0 Å². The van der Waals surface area contributed by atoms with Gasteiger partial charge in [0.1, 0.15) is 36.3 Å². The van der Waals surface area contributed by atoms with Crippen LogP contribution in [0.5, 0.6) is 0 Å². The summed E-state index contributed by atoms with van der Waals surface area (Å²) in [6.07, 6.45) is 1.68. The summed E-state index contributed by atoms with van der Waals surface area (Å²) in [5, 5.41) is 26.9. The van der Waals surface area contributed by atoms with Gasteiger partial charge in [0.15, 0.2) is 0 Å². The molecule has 0 aromatic carbocycles. The molecule has 0 aliphatic carbocycles. The van der Waals surface area contributed by atoms with Gasteiger partial charge in [0, 0.05) is 13.1 Å².